The quantitative estimate of drug-likeness (QED) is 0.240. The molecule has 3 fully saturated rings. The van der Waals surface area contributed by atoms with Crippen molar-refractivity contribution in [3.05, 3.63) is 62.8 Å². The molecule has 0 amide bonds. The number of rotatable bonds is 7. The summed E-state index contributed by atoms with van der Waals surface area (Å²) in [6.07, 6.45) is 4.38. The number of nitrogens with zero attached hydrogens (tertiary/aromatic N) is 3. The first-order chi connectivity index (χ1) is 18.9. The molecule has 3 heterocycles. The maximum atomic E-state index is 11.5. The molecule has 10 heteroatoms. The molecular formula is C29H27Cl2N3O4S. The fourth-order valence-corrected chi connectivity index (χ4v) is 7.91. The first kappa shape index (κ1) is 25.3. The van der Waals surface area contributed by atoms with Gasteiger partial charge in [-0.25, -0.2) is 9.78 Å². The van der Waals surface area contributed by atoms with Crippen LogP contribution in [0.1, 0.15) is 58.8 Å². The van der Waals surface area contributed by atoms with Crippen molar-refractivity contribution in [2.45, 2.75) is 51.2 Å². The molecule has 0 bridgehead atoms. The predicted molar refractivity (Wildman–Crippen MR) is 152 cm³/mol. The summed E-state index contributed by atoms with van der Waals surface area (Å²) in [7, 11) is 0. The Morgan fingerprint density at radius 3 is 2.56 bits per heavy atom. The SMILES string of the molecule is Cc1cc(C(=O)O)cc2sc(N3C[C@H]4CC(OCc5c(-c6c(Cl)cccc6Cl)noc5C5CC5)C[C@H]4C3)nc12. The van der Waals surface area contributed by atoms with Gasteiger partial charge in [0.05, 0.1) is 38.5 Å². The van der Waals surface area contributed by atoms with E-state index in [4.69, 9.17) is 37.4 Å². The van der Waals surface area contributed by atoms with Crippen molar-refractivity contribution in [2.24, 2.45) is 11.8 Å². The third kappa shape index (κ3) is 4.61. The molecule has 3 aliphatic rings. The fraction of sp³-hybridized carbons (Fsp3) is 0.414. The number of hydrogen-bond donors (Lipinski definition) is 1. The van der Waals surface area contributed by atoms with Crippen molar-refractivity contribution in [1.29, 1.82) is 0 Å². The van der Waals surface area contributed by atoms with Crippen LogP contribution in [-0.4, -0.2) is 40.4 Å². The fourth-order valence-electron chi connectivity index (χ4n) is 6.23. The Labute approximate surface area is 239 Å². The lowest BCUT2D eigenvalue weighted by Crippen LogP contribution is -2.23. The first-order valence-electron chi connectivity index (χ1n) is 13.3. The van der Waals surface area contributed by atoms with Gasteiger partial charge in [0.15, 0.2) is 5.13 Å². The van der Waals surface area contributed by atoms with Crippen LogP contribution in [0, 0.1) is 18.8 Å². The van der Waals surface area contributed by atoms with E-state index in [0.717, 1.165) is 71.0 Å². The number of hydrogen-bond acceptors (Lipinski definition) is 7. The number of anilines is 1. The molecule has 2 aromatic heterocycles. The predicted octanol–water partition coefficient (Wildman–Crippen LogP) is 7.57. The van der Waals surface area contributed by atoms with Crippen LogP contribution in [-0.2, 0) is 11.3 Å². The Morgan fingerprint density at radius 2 is 1.90 bits per heavy atom. The van der Waals surface area contributed by atoms with Crippen LogP contribution in [0.3, 0.4) is 0 Å². The molecule has 7 nitrogen and oxygen atoms in total. The molecule has 4 aromatic rings. The molecule has 2 aromatic carbocycles. The highest BCUT2D eigenvalue weighted by molar-refractivity contribution is 7.22. The number of fused-ring (bicyclic) bond motifs is 2. The van der Waals surface area contributed by atoms with Gasteiger partial charge in [-0.15, -0.1) is 0 Å². The summed E-state index contributed by atoms with van der Waals surface area (Å²) in [4.78, 5) is 18.7. The van der Waals surface area contributed by atoms with E-state index in [2.05, 4.69) is 10.1 Å². The van der Waals surface area contributed by atoms with Crippen LogP contribution in [0.15, 0.2) is 34.9 Å². The highest BCUT2D eigenvalue weighted by Crippen LogP contribution is 2.47. The summed E-state index contributed by atoms with van der Waals surface area (Å²) >= 11 is 14.6. The van der Waals surface area contributed by atoms with Gasteiger partial charge in [-0.05, 0) is 74.3 Å². The smallest absolute Gasteiger partial charge is 0.335 e. The Hall–Kier alpha value is -2.65. The Bertz CT molecular complexity index is 1560. The minimum atomic E-state index is -0.908. The van der Waals surface area contributed by atoms with E-state index in [0.29, 0.717) is 51.2 Å². The highest BCUT2D eigenvalue weighted by Gasteiger charge is 2.43. The van der Waals surface area contributed by atoms with E-state index in [-0.39, 0.29) is 6.10 Å². The van der Waals surface area contributed by atoms with Crippen LogP contribution < -0.4 is 4.90 Å². The van der Waals surface area contributed by atoms with Gasteiger partial charge in [0, 0.05) is 30.1 Å². The van der Waals surface area contributed by atoms with E-state index >= 15 is 0 Å². The van der Waals surface area contributed by atoms with Gasteiger partial charge in [-0.2, -0.15) is 0 Å². The largest absolute Gasteiger partial charge is 0.478 e. The number of aromatic nitrogens is 2. The number of carboxylic acid groups (broad SMARTS) is 1. The zero-order chi connectivity index (χ0) is 26.8. The molecule has 7 rings (SSSR count). The number of aromatic carboxylic acids is 1. The van der Waals surface area contributed by atoms with Crippen molar-refractivity contribution in [2.75, 3.05) is 18.0 Å². The number of halogens is 2. The molecule has 1 N–H and O–H groups in total. The molecule has 1 aliphatic heterocycles. The summed E-state index contributed by atoms with van der Waals surface area (Å²) in [5.74, 6) is 1.48. The van der Waals surface area contributed by atoms with E-state index in [9.17, 15) is 9.90 Å². The average Bonchev–Trinajstić information content (AvgIpc) is 3.20. The van der Waals surface area contributed by atoms with Crippen LogP contribution in [0.5, 0.6) is 0 Å². The van der Waals surface area contributed by atoms with Crippen LogP contribution in [0.4, 0.5) is 5.13 Å². The average molecular weight is 585 g/mol. The van der Waals surface area contributed by atoms with Gasteiger partial charge in [0.1, 0.15) is 11.5 Å². The molecule has 0 spiro atoms. The molecule has 3 atom stereocenters. The zero-order valence-corrected chi connectivity index (χ0v) is 23.7. The van der Waals surface area contributed by atoms with Crippen LogP contribution in [0.25, 0.3) is 21.5 Å². The molecule has 1 unspecified atom stereocenters. The molecule has 2 aliphatic carbocycles. The molecule has 1 saturated heterocycles. The summed E-state index contributed by atoms with van der Waals surface area (Å²) in [5, 5.41) is 15.9. The number of thiazole rings is 1. The van der Waals surface area contributed by atoms with Crippen LogP contribution >= 0.6 is 34.5 Å². The Kier molecular flexibility index (Phi) is 6.34. The van der Waals surface area contributed by atoms with Crippen molar-refractivity contribution in [3.63, 3.8) is 0 Å². The number of benzene rings is 2. The van der Waals surface area contributed by atoms with Crippen LogP contribution in [0.2, 0.25) is 10.0 Å². The van der Waals surface area contributed by atoms with E-state index in [1.54, 1.807) is 23.5 Å². The second kappa shape index (κ2) is 9.77. The summed E-state index contributed by atoms with van der Waals surface area (Å²) in [5.41, 5.74) is 4.47. The minimum Gasteiger partial charge on any atom is -0.478 e. The van der Waals surface area contributed by atoms with Crippen molar-refractivity contribution >= 4 is 55.9 Å². The first-order valence-corrected chi connectivity index (χ1v) is 14.9. The number of ether oxygens (including phenoxy) is 1. The third-order valence-electron chi connectivity index (χ3n) is 8.33. The number of carbonyl (C=O) groups is 1. The summed E-state index contributed by atoms with van der Waals surface area (Å²) in [6, 6.07) is 8.90. The van der Waals surface area contributed by atoms with Gasteiger partial charge in [0.2, 0.25) is 0 Å². The normalized spacial score (nSPS) is 22.6. The van der Waals surface area contributed by atoms with Crippen molar-refractivity contribution in [3.8, 4) is 11.3 Å². The minimum absolute atomic E-state index is 0.175. The highest BCUT2D eigenvalue weighted by atomic mass is 35.5. The number of aryl methyl sites for hydroxylation is 1. The number of carboxylic acids is 1. The maximum absolute atomic E-state index is 11.5. The van der Waals surface area contributed by atoms with Gasteiger partial charge in [-0.1, -0.05) is 45.8 Å². The summed E-state index contributed by atoms with van der Waals surface area (Å²) in [6.45, 7) is 4.24. The van der Waals surface area contributed by atoms with Crippen molar-refractivity contribution < 1.29 is 19.2 Å². The second-order valence-corrected chi connectivity index (χ2v) is 12.8. The Balaban J connectivity index is 1.04. The van der Waals surface area contributed by atoms with Crippen molar-refractivity contribution in [1.82, 2.24) is 10.1 Å². The summed E-state index contributed by atoms with van der Waals surface area (Å²) < 4.78 is 13.2. The molecule has 39 heavy (non-hydrogen) atoms. The lowest BCUT2D eigenvalue weighted by atomic mass is 10.0. The molecule has 2 saturated carbocycles. The lowest BCUT2D eigenvalue weighted by molar-refractivity contribution is 0.0403. The monoisotopic (exact) mass is 583 g/mol. The lowest BCUT2D eigenvalue weighted by Gasteiger charge is -2.19. The van der Waals surface area contributed by atoms with Gasteiger partial charge in [0.25, 0.3) is 0 Å². The molecular weight excluding hydrogens is 557 g/mol. The molecule has 0 radical (unpaired) electrons. The van der Waals surface area contributed by atoms with Gasteiger partial charge in [-0.3, -0.25) is 0 Å². The topological polar surface area (TPSA) is 88.7 Å². The third-order valence-corrected chi connectivity index (χ3v) is 10.0. The van der Waals surface area contributed by atoms with E-state index in [1.165, 1.54) is 0 Å². The second-order valence-electron chi connectivity index (χ2n) is 11.0. The van der Waals surface area contributed by atoms with Gasteiger partial charge < -0.3 is 19.3 Å². The van der Waals surface area contributed by atoms with E-state index < -0.39 is 5.97 Å². The standard InChI is InChI=1S/C29H27Cl2N3O4S/c1-14-7-16(28(35)36)10-23-25(14)32-29(39-23)34-11-17-8-19(9-18(17)12-34)37-13-20-26(33-38-27(20)15-5-6-15)24-21(30)3-2-4-22(24)31/h2-4,7,10,15,17-19H,5-6,8-9,11-13H2,1H3,(H,35,36)/t17-,18+,19?. The zero-order valence-electron chi connectivity index (χ0n) is 21.3. The maximum Gasteiger partial charge on any atom is 0.335 e. The van der Waals surface area contributed by atoms with E-state index in [1.807, 2.05) is 25.1 Å². The molecule has 202 valence electrons. The van der Waals surface area contributed by atoms with Gasteiger partial charge >= 0.3 is 5.97 Å². The Morgan fingerprint density at radius 1 is 1.18 bits per heavy atom.